The van der Waals surface area contributed by atoms with Crippen molar-refractivity contribution in [3.8, 4) is 0 Å². The Hall–Kier alpha value is -2.04. The highest BCUT2D eigenvalue weighted by molar-refractivity contribution is 6.05. The molecule has 0 aliphatic carbocycles. The Morgan fingerprint density at radius 2 is 2.14 bits per heavy atom. The third-order valence-corrected chi connectivity index (χ3v) is 1.82. The molecular formula is C9H8N4O. The maximum Gasteiger partial charge on any atom is 0.248 e. The minimum atomic E-state index is -0.217. The molecule has 0 atom stereocenters. The first-order chi connectivity index (χ1) is 6.79. The molecule has 0 spiro atoms. The van der Waals surface area contributed by atoms with E-state index in [4.69, 9.17) is 0 Å². The van der Waals surface area contributed by atoms with Gasteiger partial charge in [-0.3, -0.25) is 9.78 Å². The molecule has 70 valence electrons. The molecule has 0 radical (unpaired) electrons. The summed E-state index contributed by atoms with van der Waals surface area (Å²) in [5.74, 6) is 0.149. The van der Waals surface area contributed by atoms with Gasteiger partial charge in [0.2, 0.25) is 5.78 Å². The molecule has 2 rings (SSSR count). The third-order valence-electron chi connectivity index (χ3n) is 1.82. The first kappa shape index (κ1) is 8.55. The highest BCUT2D eigenvalue weighted by Crippen LogP contribution is 2.02. The summed E-state index contributed by atoms with van der Waals surface area (Å²) in [5.41, 5.74) is 0.307. The van der Waals surface area contributed by atoms with Crippen LogP contribution in [0, 0.1) is 0 Å². The molecule has 0 unspecified atom stereocenters. The van der Waals surface area contributed by atoms with Gasteiger partial charge in [-0.15, -0.1) is 0 Å². The van der Waals surface area contributed by atoms with Gasteiger partial charge in [0.05, 0.1) is 6.20 Å². The maximum atomic E-state index is 11.7. The van der Waals surface area contributed by atoms with Gasteiger partial charge >= 0.3 is 0 Å². The van der Waals surface area contributed by atoms with Crippen LogP contribution < -0.4 is 0 Å². The summed E-state index contributed by atoms with van der Waals surface area (Å²) in [7, 11) is 1.76. The maximum absolute atomic E-state index is 11.7. The summed E-state index contributed by atoms with van der Waals surface area (Å²) in [6.07, 6.45) is 7.72. The Balaban J connectivity index is 2.39. The Morgan fingerprint density at radius 1 is 1.29 bits per heavy atom. The number of imidazole rings is 1. The van der Waals surface area contributed by atoms with Crippen LogP contribution >= 0.6 is 0 Å². The van der Waals surface area contributed by atoms with Crippen molar-refractivity contribution in [1.82, 2.24) is 19.5 Å². The topological polar surface area (TPSA) is 60.7 Å². The molecule has 0 bridgehead atoms. The zero-order valence-corrected chi connectivity index (χ0v) is 7.58. The van der Waals surface area contributed by atoms with Crippen molar-refractivity contribution in [3.05, 3.63) is 42.5 Å². The first-order valence-electron chi connectivity index (χ1n) is 4.07. The Morgan fingerprint density at radius 3 is 2.71 bits per heavy atom. The smallest absolute Gasteiger partial charge is 0.248 e. The van der Waals surface area contributed by atoms with Gasteiger partial charge in [0, 0.05) is 31.8 Å². The largest absolute Gasteiger partial charge is 0.331 e. The van der Waals surface area contributed by atoms with Crippen LogP contribution in [0.5, 0.6) is 0 Å². The fraction of sp³-hybridized carbons (Fsp3) is 0.111. The molecule has 0 aliphatic rings. The van der Waals surface area contributed by atoms with Crippen molar-refractivity contribution in [2.24, 2.45) is 7.05 Å². The van der Waals surface area contributed by atoms with Crippen LogP contribution in [-0.2, 0) is 7.05 Å². The number of nitrogens with zero attached hydrogens (tertiary/aromatic N) is 4. The van der Waals surface area contributed by atoms with Crippen LogP contribution in [-0.4, -0.2) is 25.3 Å². The van der Waals surface area contributed by atoms with E-state index in [1.165, 1.54) is 18.6 Å². The average Bonchev–Trinajstić information content (AvgIpc) is 2.65. The molecule has 2 aromatic heterocycles. The lowest BCUT2D eigenvalue weighted by atomic mass is 10.3. The van der Waals surface area contributed by atoms with E-state index in [1.54, 1.807) is 24.0 Å². The molecule has 2 aromatic rings. The molecule has 5 nitrogen and oxygen atoms in total. The predicted molar refractivity (Wildman–Crippen MR) is 48.7 cm³/mol. The van der Waals surface area contributed by atoms with Crippen molar-refractivity contribution in [2.75, 3.05) is 0 Å². The standard InChI is InChI=1S/C9H8N4O/c1-13-5-4-12-9(13)8(14)7-6-10-2-3-11-7/h2-6H,1H3. The number of hydrogen-bond acceptors (Lipinski definition) is 4. The zero-order chi connectivity index (χ0) is 9.97. The molecule has 0 fully saturated rings. The summed E-state index contributed by atoms with van der Waals surface area (Å²) in [5, 5.41) is 0. The molecule has 0 saturated carbocycles. The Labute approximate surface area is 80.5 Å². The normalized spacial score (nSPS) is 10.1. The highest BCUT2D eigenvalue weighted by Gasteiger charge is 2.14. The SMILES string of the molecule is Cn1ccnc1C(=O)c1cnccn1. The van der Waals surface area contributed by atoms with Crippen LogP contribution in [0.2, 0.25) is 0 Å². The molecule has 5 heteroatoms. The lowest BCUT2D eigenvalue weighted by molar-refractivity contribution is 0.102. The second kappa shape index (κ2) is 3.37. The van der Waals surface area contributed by atoms with Gasteiger partial charge < -0.3 is 4.57 Å². The molecule has 0 amide bonds. The van der Waals surface area contributed by atoms with Crippen LogP contribution in [0.25, 0.3) is 0 Å². The van der Waals surface area contributed by atoms with E-state index in [9.17, 15) is 4.79 Å². The van der Waals surface area contributed by atoms with Crippen LogP contribution in [0.15, 0.2) is 31.0 Å². The summed E-state index contributed by atoms with van der Waals surface area (Å²) < 4.78 is 1.65. The van der Waals surface area contributed by atoms with Crippen LogP contribution in [0.1, 0.15) is 16.3 Å². The second-order valence-corrected chi connectivity index (χ2v) is 2.78. The lowest BCUT2D eigenvalue weighted by Crippen LogP contribution is -2.10. The monoisotopic (exact) mass is 188 g/mol. The fourth-order valence-corrected chi connectivity index (χ4v) is 1.12. The van der Waals surface area contributed by atoms with Crippen molar-refractivity contribution < 1.29 is 4.79 Å². The van der Waals surface area contributed by atoms with E-state index in [0.717, 1.165) is 0 Å². The molecule has 0 aromatic carbocycles. The number of aryl methyl sites for hydroxylation is 1. The predicted octanol–water partition coefficient (Wildman–Crippen LogP) is 0.441. The van der Waals surface area contributed by atoms with Gasteiger partial charge in [0.1, 0.15) is 5.69 Å². The van der Waals surface area contributed by atoms with Crippen LogP contribution in [0.3, 0.4) is 0 Å². The first-order valence-corrected chi connectivity index (χ1v) is 4.07. The van der Waals surface area contributed by atoms with Gasteiger partial charge in [0.15, 0.2) is 5.82 Å². The van der Waals surface area contributed by atoms with Crippen molar-refractivity contribution in [2.45, 2.75) is 0 Å². The molecule has 14 heavy (non-hydrogen) atoms. The van der Waals surface area contributed by atoms with Gasteiger partial charge in [-0.1, -0.05) is 0 Å². The van der Waals surface area contributed by atoms with E-state index in [-0.39, 0.29) is 5.78 Å². The number of hydrogen-bond donors (Lipinski definition) is 0. The number of rotatable bonds is 2. The lowest BCUT2D eigenvalue weighted by Gasteiger charge is -1.98. The van der Waals surface area contributed by atoms with Gasteiger partial charge in [-0.2, -0.15) is 0 Å². The zero-order valence-electron chi connectivity index (χ0n) is 7.58. The molecule has 0 aliphatic heterocycles. The van der Waals surface area contributed by atoms with Gasteiger partial charge in [-0.05, 0) is 0 Å². The molecule has 2 heterocycles. The summed E-state index contributed by atoms with van der Waals surface area (Å²) in [6, 6.07) is 0. The molecule has 0 N–H and O–H groups in total. The molecule has 0 saturated heterocycles. The van der Waals surface area contributed by atoms with E-state index in [2.05, 4.69) is 15.0 Å². The van der Waals surface area contributed by atoms with Crippen molar-refractivity contribution in [3.63, 3.8) is 0 Å². The fourth-order valence-electron chi connectivity index (χ4n) is 1.12. The second-order valence-electron chi connectivity index (χ2n) is 2.78. The highest BCUT2D eigenvalue weighted by atomic mass is 16.1. The minimum absolute atomic E-state index is 0.217. The van der Waals surface area contributed by atoms with Crippen LogP contribution in [0.4, 0.5) is 0 Å². The summed E-state index contributed by atoms with van der Waals surface area (Å²) >= 11 is 0. The van der Waals surface area contributed by atoms with E-state index < -0.39 is 0 Å². The van der Waals surface area contributed by atoms with E-state index >= 15 is 0 Å². The number of carbonyl (C=O) groups excluding carboxylic acids is 1. The average molecular weight is 188 g/mol. The van der Waals surface area contributed by atoms with Gasteiger partial charge in [0.25, 0.3) is 0 Å². The van der Waals surface area contributed by atoms with Gasteiger partial charge in [-0.25, -0.2) is 9.97 Å². The Kier molecular flexibility index (Phi) is 2.06. The third kappa shape index (κ3) is 1.39. The number of ketones is 1. The number of aromatic nitrogens is 4. The molecular weight excluding hydrogens is 180 g/mol. The minimum Gasteiger partial charge on any atom is -0.331 e. The van der Waals surface area contributed by atoms with Crippen molar-refractivity contribution in [1.29, 1.82) is 0 Å². The van der Waals surface area contributed by atoms with Crippen molar-refractivity contribution >= 4 is 5.78 Å². The van der Waals surface area contributed by atoms with E-state index in [1.807, 2.05) is 0 Å². The van der Waals surface area contributed by atoms with E-state index in [0.29, 0.717) is 11.5 Å². The summed E-state index contributed by atoms with van der Waals surface area (Å²) in [4.78, 5) is 23.4. The Bertz CT molecular complexity index is 449. The quantitative estimate of drug-likeness (QED) is 0.641. The number of carbonyl (C=O) groups is 1. The summed E-state index contributed by atoms with van der Waals surface area (Å²) in [6.45, 7) is 0.